The van der Waals surface area contributed by atoms with Gasteiger partial charge in [0.1, 0.15) is 23.4 Å². The summed E-state index contributed by atoms with van der Waals surface area (Å²) in [5.41, 5.74) is 9.40. The van der Waals surface area contributed by atoms with Crippen molar-refractivity contribution in [3.63, 3.8) is 0 Å². The zero-order chi connectivity index (χ0) is 26.3. The molecule has 1 amide bonds. The molecule has 2 atom stereocenters. The number of fused-ring (bicyclic) bond motifs is 2. The number of aromatic nitrogens is 6. The average Bonchev–Trinajstić information content (AvgIpc) is 3.53. The monoisotopic (exact) mass is 502 g/mol. The van der Waals surface area contributed by atoms with E-state index in [0.717, 1.165) is 16.6 Å². The van der Waals surface area contributed by atoms with Crippen LogP contribution in [0.5, 0.6) is 0 Å². The number of methoxy groups -OCH3 is 1. The number of carbonyl (C=O) groups excluding carboxylic acids is 1. The van der Waals surface area contributed by atoms with Crippen molar-refractivity contribution in [1.82, 2.24) is 34.2 Å². The van der Waals surface area contributed by atoms with Gasteiger partial charge in [0.25, 0.3) is 0 Å². The molecule has 4 heterocycles. The van der Waals surface area contributed by atoms with E-state index in [1.165, 1.54) is 6.33 Å². The Morgan fingerprint density at radius 3 is 2.78 bits per heavy atom. The molecule has 192 valence electrons. The van der Waals surface area contributed by atoms with Gasteiger partial charge in [0.2, 0.25) is 0 Å². The first kappa shape index (κ1) is 24.5. The number of hydrogen-bond donors (Lipinski definition) is 1. The number of nitrogen functional groups attached to an aromatic ring is 1. The number of ether oxygens (including phenoxy) is 2. The van der Waals surface area contributed by atoms with Gasteiger partial charge in [-0.2, -0.15) is 5.10 Å². The number of hydrogen-bond acceptors (Lipinski definition) is 8. The predicted octanol–water partition coefficient (Wildman–Crippen LogP) is 2.89. The van der Waals surface area contributed by atoms with Crippen LogP contribution in [0.1, 0.15) is 44.5 Å². The van der Waals surface area contributed by atoms with Crippen LogP contribution in [0.4, 0.5) is 10.6 Å². The normalized spacial score (nSPS) is 17.8. The minimum absolute atomic E-state index is 0.162. The van der Waals surface area contributed by atoms with Crippen LogP contribution in [0.25, 0.3) is 22.1 Å². The first-order chi connectivity index (χ1) is 17.6. The highest BCUT2D eigenvalue weighted by Gasteiger charge is 2.39. The lowest BCUT2D eigenvalue weighted by Crippen LogP contribution is -2.41. The number of imidazole rings is 1. The fraction of sp³-hybridized carbons (Fsp3) is 0.423. The van der Waals surface area contributed by atoms with Crippen LogP contribution in [-0.4, -0.2) is 72.2 Å². The second kappa shape index (κ2) is 9.37. The summed E-state index contributed by atoms with van der Waals surface area (Å²) in [6.07, 6.45) is 3.42. The highest BCUT2D eigenvalue weighted by Crippen LogP contribution is 2.32. The largest absolute Gasteiger partial charge is 0.444 e. The minimum Gasteiger partial charge on any atom is -0.444 e. The van der Waals surface area contributed by atoms with Crippen LogP contribution in [-0.2, 0) is 16.5 Å². The lowest BCUT2D eigenvalue weighted by Gasteiger charge is -2.28. The third-order valence-electron chi connectivity index (χ3n) is 6.29. The number of anilines is 1. The van der Waals surface area contributed by atoms with Crippen molar-refractivity contribution in [2.45, 2.75) is 44.9 Å². The number of aryl methyl sites for hydroxylation is 1. The van der Waals surface area contributed by atoms with Crippen molar-refractivity contribution in [2.24, 2.45) is 7.05 Å². The van der Waals surface area contributed by atoms with Gasteiger partial charge < -0.3 is 24.7 Å². The molecule has 1 aromatic carbocycles. The summed E-state index contributed by atoms with van der Waals surface area (Å²) >= 11 is 0. The number of nitrogens with zero attached hydrogens (tertiary/aromatic N) is 7. The number of amides is 1. The van der Waals surface area contributed by atoms with E-state index in [1.807, 2.05) is 50.6 Å². The first-order valence-corrected chi connectivity index (χ1v) is 12.0. The molecule has 11 nitrogen and oxygen atoms in total. The quantitative estimate of drug-likeness (QED) is 0.424. The van der Waals surface area contributed by atoms with E-state index in [9.17, 15) is 4.79 Å². The van der Waals surface area contributed by atoms with Gasteiger partial charge in [0, 0.05) is 26.3 Å². The lowest BCUT2D eigenvalue weighted by molar-refractivity contribution is 0.0145. The van der Waals surface area contributed by atoms with Gasteiger partial charge in [-0.3, -0.25) is 0 Å². The molecule has 4 aromatic rings. The van der Waals surface area contributed by atoms with Crippen LogP contribution in [0.2, 0.25) is 0 Å². The van der Waals surface area contributed by atoms with Crippen molar-refractivity contribution in [3.05, 3.63) is 42.1 Å². The maximum Gasteiger partial charge on any atom is 0.410 e. The Balaban J connectivity index is 1.50. The summed E-state index contributed by atoms with van der Waals surface area (Å²) in [4.78, 5) is 27.7. The molecule has 37 heavy (non-hydrogen) atoms. The Morgan fingerprint density at radius 1 is 1.22 bits per heavy atom. The molecule has 5 rings (SSSR count). The number of likely N-dealkylation sites (tertiary alicyclic amines) is 1. The highest BCUT2D eigenvalue weighted by molar-refractivity contribution is 5.90. The molecule has 3 aromatic heterocycles. The maximum absolute atomic E-state index is 12.9. The maximum atomic E-state index is 12.9. The molecule has 0 saturated carbocycles. The molecular weight excluding hydrogens is 472 g/mol. The fourth-order valence-corrected chi connectivity index (χ4v) is 4.65. The Bertz CT molecular complexity index is 1540. The van der Waals surface area contributed by atoms with Gasteiger partial charge in [-0.25, -0.2) is 24.4 Å². The van der Waals surface area contributed by atoms with Crippen molar-refractivity contribution >= 4 is 34.0 Å². The zero-order valence-corrected chi connectivity index (χ0v) is 21.6. The molecule has 1 fully saturated rings. The molecule has 0 unspecified atom stereocenters. The Hall–Kier alpha value is -4.17. The molecule has 1 aliphatic heterocycles. The van der Waals surface area contributed by atoms with Gasteiger partial charge >= 0.3 is 6.09 Å². The molecule has 2 N–H and O–H groups in total. The van der Waals surface area contributed by atoms with Gasteiger partial charge in [0.15, 0.2) is 5.65 Å². The first-order valence-electron chi connectivity index (χ1n) is 12.0. The van der Waals surface area contributed by atoms with Crippen LogP contribution in [0, 0.1) is 11.8 Å². The number of nitrogens with two attached hydrogens (primary N) is 1. The molecule has 0 bridgehead atoms. The summed E-state index contributed by atoms with van der Waals surface area (Å²) in [7, 11) is 3.57. The molecular formula is C26H30N8O3. The van der Waals surface area contributed by atoms with Gasteiger partial charge in [0.05, 0.1) is 41.4 Å². The molecule has 0 aliphatic carbocycles. The summed E-state index contributed by atoms with van der Waals surface area (Å²) in [6.45, 7) is 6.32. The van der Waals surface area contributed by atoms with Gasteiger partial charge in [-0.1, -0.05) is 5.92 Å². The second-order valence-corrected chi connectivity index (χ2v) is 10.2. The Kier molecular flexibility index (Phi) is 6.21. The van der Waals surface area contributed by atoms with E-state index in [2.05, 4.69) is 26.8 Å². The number of benzene rings is 1. The number of rotatable bonds is 3. The third-order valence-corrected chi connectivity index (χ3v) is 6.29. The Morgan fingerprint density at radius 2 is 2.03 bits per heavy atom. The molecule has 0 spiro atoms. The predicted molar refractivity (Wildman–Crippen MR) is 139 cm³/mol. The topological polar surface area (TPSA) is 126 Å². The Labute approximate surface area is 214 Å². The molecule has 0 radical (unpaired) electrons. The lowest BCUT2D eigenvalue weighted by atomic mass is 10.2. The molecule has 11 heteroatoms. The standard InChI is InChI=1S/C26H30N8O3/c1-26(2,3)37-25(35)33-12-17(11-18(33)13-36-5)34-24-22(23(27)28-14-29-24)19(31-34)8-6-16-7-9-21-20(10-16)30-15-32(21)4/h7,9-10,14-15,17-18H,11-13H2,1-5H3,(H2,27,28,29)/t17-,18+/m0/s1. The van der Waals surface area contributed by atoms with E-state index >= 15 is 0 Å². The van der Waals surface area contributed by atoms with Crippen LogP contribution in [0.3, 0.4) is 0 Å². The summed E-state index contributed by atoms with van der Waals surface area (Å²) < 4.78 is 14.8. The van der Waals surface area contributed by atoms with E-state index in [0.29, 0.717) is 42.1 Å². The molecule has 1 aliphatic rings. The smallest absolute Gasteiger partial charge is 0.410 e. The summed E-state index contributed by atoms with van der Waals surface area (Å²) in [6, 6.07) is 5.54. The van der Waals surface area contributed by atoms with Crippen molar-refractivity contribution in [3.8, 4) is 11.8 Å². The van der Waals surface area contributed by atoms with E-state index in [-0.39, 0.29) is 18.2 Å². The summed E-state index contributed by atoms with van der Waals surface area (Å²) in [5, 5.41) is 5.39. The van der Waals surface area contributed by atoms with Crippen LogP contribution in [0.15, 0.2) is 30.9 Å². The van der Waals surface area contributed by atoms with Crippen LogP contribution < -0.4 is 5.73 Å². The van der Waals surface area contributed by atoms with E-state index in [4.69, 9.17) is 20.3 Å². The second-order valence-electron chi connectivity index (χ2n) is 10.2. The molecule has 1 saturated heterocycles. The minimum atomic E-state index is -0.603. The zero-order valence-electron chi connectivity index (χ0n) is 21.6. The van der Waals surface area contributed by atoms with Crippen molar-refractivity contribution < 1.29 is 14.3 Å². The van der Waals surface area contributed by atoms with Crippen molar-refractivity contribution in [2.75, 3.05) is 26.0 Å². The van der Waals surface area contributed by atoms with Gasteiger partial charge in [-0.15, -0.1) is 0 Å². The van der Waals surface area contributed by atoms with Gasteiger partial charge in [-0.05, 0) is 51.3 Å². The fourth-order valence-electron chi connectivity index (χ4n) is 4.65. The van der Waals surface area contributed by atoms with E-state index in [1.54, 1.807) is 23.0 Å². The highest BCUT2D eigenvalue weighted by atomic mass is 16.6. The number of carbonyl (C=O) groups is 1. The van der Waals surface area contributed by atoms with Crippen LogP contribution >= 0.6 is 0 Å². The average molecular weight is 503 g/mol. The third kappa shape index (κ3) is 4.80. The van der Waals surface area contributed by atoms with E-state index < -0.39 is 5.60 Å². The summed E-state index contributed by atoms with van der Waals surface area (Å²) in [5.74, 6) is 6.63. The SMILES string of the molecule is COC[C@H]1C[C@H](n2nc(C#Cc3ccc4c(c3)ncn4C)c3c(N)ncnc32)CN1C(=O)OC(C)(C)C. The van der Waals surface area contributed by atoms with Crippen molar-refractivity contribution in [1.29, 1.82) is 0 Å².